The van der Waals surface area contributed by atoms with Crippen molar-refractivity contribution in [2.24, 2.45) is 11.3 Å². The Morgan fingerprint density at radius 2 is 1.47 bits per heavy atom. The molecule has 0 bridgehead atoms. The molecule has 0 heterocycles. The zero-order valence-electron chi connectivity index (χ0n) is 19.9. The molecule has 0 N–H and O–H groups in total. The Hall–Kier alpha value is -1.29. The Labute approximate surface area is 186 Å². The Balaban J connectivity index is 1.87. The molecule has 2 fully saturated rings. The van der Waals surface area contributed by atoms with Gasteiger partial charge in [0.1, 0.15) is 0 Å². The van der Waals surface area contributed by atoms with E-state index in [9.17, 15) is 5.26 Å². The van der Waals surface area contributed by atoms with Gasteiger partial charge in [-0.1, -0.05) is 102 Å². The van der Waals surface area contributed by atoms with Gasteiger partial charge in [0.15, 0.2) is 0 Å². The Morgan fingerprint density at radius 1 is 0.833 bits per heavy atom. The molecule has 166 valence electrons. The van der Waals surface area contributed by atoms with Crippen LogP contribution in [0.5, 0.6) is 0 Å². The quantitative estimate of drug-likeness (QED) is 0.355. The molecule has 3 rings (SSSR count). The van der Waals surface area contributed by atoms with E-state index in [2.05, 4.69) is 44.2 Å². The third kappa shape index (κ3) is 5.49. The first-order valence-corrected chi connectivity index (χ1v) is 13.2. The van der Waals surface area contributed by atoms with Gasteiger partial charge in [-0.3, -0.25) is 0 Å². The Morgan fingerprint density at radius 3 is 2.03 bits per heavy atom. The molecule has 1 unspecified atom stereocenters. The van der Waals surface area contributed by atoms with Crippen LogP contribution in [0, 0.1) is 22.7 Å². The molecule has 0 radical (unpaired) electrons. The van der Waals surface area contributed by atoms with E-state index < -0.39 is 0 Å². The first-order chi connectivity index (χ1) is 14.7. The van der Waals surface area contributed by atoms with Crippen LogP contribution >= 0.6 is 0 Å². The van der Waals surface area contributed by atoms with Gasteiger partial charge in [-0.05, 0) is 61.5 Å². The van der Waals surface area contributed by atoms with Gasteiger partial charge >= 0.3 is 0 Å². The Bertz CT molecular complexity index is 653. The van der Waals surface area contributed by atoms with Crippen molar-refractivity contribution in [3.8, 4) is 6.07 Å². The molecule has 2 aliphatic carbocycles. The lowest BCUT2D eigenvalue weighted by molar-refractivity contribution is 0.0968. The first kappa shape index (κ1) is 23.4. The van der Waals surface area contributed by atoms with Gasteiger partial charge in [-0.2, -0.15) is 5.26 Å². The maximum atomic E-state index is 10.5. The molecule has 30 heavy (non-hydrogen) atoms. The lowest BCUT2D eigenvalue weighted by atomic mass is 9.56. The van der Waals surface area contributed by atoms with Crippen LogP contribution < -0.4 is 0 Å². The summed E-state index contributed by atoms with van der Waals surface area (Å²) in [6.07, 6.45) is 22.1. The molecule has 0 amide bonds. The highest BCUT2D eigenvalue weighted by molar-refractivity contribution is 5.32. The largest absolute Gasteiger partial charge is 0.198 e. The summed E-state index contributed by atoms with van der Waals surface area (Å²) in [7, 11) is 0. The summed E-state index contributed by atoms with van der Waals surface area (Å²) in [5.41, 5.74) is 3.44. The fourth-order valence-electron chi connectivity index (χ4n) is 6.72. The van der Waals surface area contributed by atoms with Crippen molar-refractivity contribution in [3.05, 3.63) is 35.4 Å². The summed E-state index contributed by atoms with van der Waals surface area (Å²) >= 11 is 0. The van der Waals surface area contributed by atoms with Gasteiger partial charge in [0.25, 0.3) is 0 Å². The fraction of sp³-hybridized carbons (Fsp3) is 0.759. The fourth-order valence-corrected chi connectivity index (χ4v) is 6.72. The molecule has 0 aliphatic heterocycles. The molecule has 2 saturated carbocycles. The van der Waals surface area contributed by atoms with Crippen molar-refractivity contribution < 1.29 is 0 Å². The van der Waals surface area contributed by atoms with E-state index in [4.69, 9.17) is 0 Å². The van der Waals surface area contributed by atoms with E-state index in [1.54, 1.807) is 0 Å². The molecule has 1 atom stereocenters. The number of aryl methyl sites for hydroxylation is 1. The summed E-state index contributed by atoms with van der Waals surface area (Å²) in [4.78, 5) is 0. The van der Waals surface area contributed by atoms with E-state index in [1.165, 1.54) is 107 Å². The number of nitriles is 1. The SMILES string of the molecule is CCCCCC1(CC(C#N)C2(c3ccc(CCC)cc3)CCCCC2)CCCCC1. The summed E-state index contributed by atoms with van der Waals surface area (Å²) < 4.78 is 0. The third-order valence-corrected chi connectivity index (χ3v) is 8.50. The van der Waals surface area contributed by atoms with E-state index in [-0.39, 0.29) is 11.3 Å². The van der Waals surface area contributed by atoms with Crippen LogP contribution in [0.25, 0.3) is 0 Å². The summed E-state index contributed by atoms with van der Waals surface area (Å²) in [6.45, 7) is 4.56. The van der Waals surface area contributed by atoms with Crippen molar-refractivity contribution in [3.63, 3.8) is 0 Å². The number of nitrogens with zero attached hydrogens (tertiary/aromatic N) is 1. The maximum Gasteiger partial charge on any atom is 0.0665 e. The minimum absolute atomic E-state index is 0.0902. The highest BCUT2D eigenvalue weighted by atomic mass is 14.5. The van der Waals surface area contributed by atoms with Crippen LogP contribution in [0.1, 0.15) is 128 Å². The molecule has 0 spiro atoms. The van der Waals surface area contributed by atoms with Gasteiger partial charge in [-0.25, -0.2) is 0 Å². The predicted octanol–water partition coefficient (Wildman–Crippen LogP) is 8.90. The van der Waals surface area contributed by atoms with Gasteiger partial charge in [0.05, 0.1) is 12.0 Å². The zero-order chi connectivity index (χ0) is 21.3. The smallest absolute Gasteiger partial charge is 0.0665 e. The standard InChI is InChI=1S/C29H45N/c1-3-5-8-18-28(19-9-6-10-20-28)23-27(24-30)29(21-11-7-12-22-29)26-16-14-25(13-4-2)15-17-26/h14-17,27H,3-13,18-23H2,1-2H3. The molecular weight excluding hydrogens is 362 g/mol. The zero-order valence-corrected chi connectivity index (χ0v) is 19.9. The van der Waals surface area contributed by atoms with Crippen LogP contribution in [0.4, 0.5) is 0 Å². The van der Waals surface area contributed by atoms with Crippen molar-refractivity contribution in [1.82, 2.24) is 0 Å². The number of unbranched alkanes of at least 4 members (excludes halogenated alkanes) is 2. The van der Waals surface area contributed by atoms with Gasteiger partial charge in [0.2, 0.25) is 0 Å². The number of rotatable bonds is 10. The number of hydrogen-bond acceptors (Lipinski definition) is 1. The lowest BCUT2D eigenvalue weighted by Crippen LogP contribution is -2.40. The van der Waals surface area contributed by atoms with Crippen LogP contribution in [0.3, 0.4) is 0 Å². The van der Waals surface area contributed by atoms with Crippen LogP contribution in [-0.2, 0) is 11.8 Å². The summed E-state index contributed by atoms with van der Waals surface area (Å²) in [5, 5.41) is 10.5. The predicted molar refractivity (Wildman–Crippen MR) is 129 cm³/mol. The topological polar surface area (TPSA) is 23.8 Å². The van der Waals surface area contributed by atoms with Gasteiger partial charge in [0, 0.05) is 5.41 Å². The second-order valence-electron chi connectivity index (χ2n) is 10.6. The highest BCUT2D eigenvalue weighted by Gasteiger charge is 2.45. The lowest BCUT2D eigenvalue weighted by Gasteiger charge is -2.47. The maximum absolute atomic E-state index is 10.5. The van der Waals surface area contributed by atoms with Crippen LogP contribution in [0.15, 0.2) is 24.3 Å². The van der Waals surface area contributed by atoms with Crippen molar-refractivity contribution in [2.75, 3.05) is 0 Å². The molecule has 1 aromatic rings. The van der Waals surface area contributed by atoms with Gasteiger partial charge in [-0.15, -0.1) is 0 Å². The van der Waals surface area contributed by atoms with Crippen molar-refractivity contribution >= 4 is 0 Å². The van der Waals surface area contributed by atoms with Crippen LogP contribution in [0.2, 0.25) is 0 Å². The molecule has 1 nitrogen and oxygen atoms in total. The normalized spacial score (nSPS) is 21.6. The highest BCUT2D eigenvalue weighted by Crippen LogP contribution is 2.53. The first-order valence-electron chi connectivity index (χ1n) is 13.2. The molecule has 1 aromatic carbocycles. The minimum atomic E-state index is 0.0902. The monoisotopic (exact) mass is 407 g/mol. The van der Waals surface area contributed by atoms with E-state index in [1.807, 2.05) is 0 Å². The summed E-state index contributed by atoms with van der Waals surface area (Å²) in [6, 6.07) is 12.4. The van der Waals surface area contributed by atoms with E-state index in [0.29, 0.717) is 5.41 Å². The number of hydrogen-bond donors (Lipinski definition) is 0. The van der Waals surface area contributed by atoms with Crippen molar-refractivity contribution in [2.45, 2.75) is 128 Å². The van der Waals surface area contributed by atoms with E-state index >= 15 is 0 Å². The Kier molecular flexibility index (Phi) is 8.85. The second kappa shape index (κ2) is 11.4. The number of benzene rings is 1. The average Bonchev–Trinajstić information content (AvgIpc) is 2.79. The molecule has 2 aliphatic rings. The average molecular weight is 408 g/mol. The molecule has 0 aromatic heterocycles. The van der Waals surface area contributed by atoms with Gasteiger partial charge < -0.3 is 0 Å². The summed E-state index contributed by atoms with van der Waals surface area (Å²) in [5.74, 6) is 0.176. The second-order valence-corrected chi connectivity index (χ2v) is 10.6. The minimum Gasteiger partial charge on any atom is -0.198 e. The molecule has 0 saturated heterocycles. The van der Waals surface area contributed by atoms with Crippen molar-refractivity contribution in [1.29, 1.82) is 5.26 Å². The van der Waals surface area contributed by atoms with Crippen LogP contribution in [-0.4, -0.2) is 0 Å². The third-order valence-electron chi connectivity index (χ3n) is 8.50. The molecular formula is C29H45N. The molecule has 1 heteroatoms. The van der Waals surface area contributed by atoms with E-state index in [0.717, 1.165) is 12.8 Å².